The molecule has 1 aromatic carbocycles. The molecule has 0 fully saturated rings. The van der Waals surface area contributed by atoms with E-state index < -0.39 is 11.0 Å². The van der Waals surface area contributed by atoms with Gasteiger partial charge in [-0.25, -0.2) is 4.98 Å². The van der Waals surface area contributed by atoms with Gasteiger partial charge in [0, 0.05) is 0 Å². The molecule has 0 bridgehead atoms. The maximum Gasteiger partial charge on any atom is 0.256 e. The van der Waals surface area contributed by atoms with Crippen molar-refractivity contribution in [1.82, 2.24) is 4.98 Å². The van der Waals surface area contributed by atoms with Crippen molar-refractivity contribution in [2.75, 3.05) is 21.3 Å². The number of ketones is 1. The van der Waals surface area contributed by atoms with Gasteiger partial charge < -0.3 is 18.9 Å². The van der Waals surface area contributed by atoms with Crippen molar-refractivity contribution in [3.8, 4) is 23.1 Å². The zero-order valence-electron chi connectivity index (χ0n) is 18.0. The number of Topliss-reactive ketones (excluding diaryl/α,β-unsaturated/α-hetero) is 1. The van der Waals surface area contributed by atoms with E-state index in [2.05, 4.69) is 4.98 Å². The van der Waals surface area contributed by atoms with Crippen molar-refractivity contribution in [1.29, 1.82) is 0 Å². The number of benzene rings is 1. The van der Waals surface area contributed by atoms with Crippen molar-refractivity contribution < 1.29 is 23.7 Å². The van der Waals surface area contributed by atoms with Crippen molar-refractivity contribution >= 4 is 11.9 Å². The fourth-order valence-corrected chi connectivity index (χ4v) is 3.36. The maximum atomic E-state index is 13.6. The number of ether oxygens (including phenoxy) is 4. The summed E-state index contributed by atoms with van der Waals surface area (Å²) in [5.74, 6) is 1.91. The smallest absolute Gasteiger partial charge is 0.256 e. The van der Waals surface area contributed by atoms with Crippen molar-refractivity contribution in [2.45, 2.75) is 38.7 Å². The normalized spacial score (nSPS) is 14.6. The van der Waals surface area contributed by atoms with E-state index in [-0.39, 0.29) is 5.78 Å². The second kappa shape index (κ2) is 7.43. The lowest BCUT2D eigenvalue weighted by molar-refractivity contribution is 0.0902. The topological polar surface area (TPSA) is 66.9 Å². The van der Waals surface area contributed by atoms with Gasteiger partial charge in [0.15, 0.2) is 11.5 Å². The lowest BCUT2D eigenvalue weighted by Crippen LogP contribution is -2.31. The van der Waals surface area contributed by atoms with Gasteiger partial charge in [-0.2, -0.15) is 0 Å². The minimum atomic E-state index is -0.917. The molecular weight excluding hydrogens is 370 g/mol. The molecular formula is C23H27NO5. The minimum Gasteiger partial charge on any atom is -0.495 e. The average molecular weight is 397 g/mol. The zero-order chi connectivity index (χ0) is 21.4. The molecule has 0 N–H and O–H groups in total. The molecule has 6 nitrogen and oxygen atoms in total. The molecule has 154 valence electrons. The van der Waals surface area contributed by atoms with E-state index >= 15 is 0 Å². The van der Waals surface area contributed by atoms with Crippen LogP contribution < -0.4 is 18.9 Å². The summed E-state index contributed by atoms with van der Waals surface area (Å²) in [6.07, 6.45) is 3.89. The van der Waals surface area contributed by atoms with Gasteiger partial charge in [0.2, 0.25) is 0 Å². The molecule has 0 saturated carbocycles. The number of methoxy groups -OCH3 is 3. The molecule has 0 spiro atoms. The van der Waals surface area contributed by atoms with Gasteiger partial charge in [-0.05, 0) is 64.1 Å². The molecule has 0 saturated heterocycles. The first-order valence-corrected chi connectivity index (χ1v) is 9.38. The number of fused-ring (bicyclic) bond motifs is 1. The van der Waals surface area contributed by atoms with Gasteiger partial charge in [-0.3, -0.25) is 4.79 Å². The van der Waals surface area contributed by atoms with Gasteiger partial charge in [-0.1, -0.05) is 0 Å². The predicted molar refractivity (Wildman–Crippen MR) is 111 cm³/mol. The number of nitrogens with zero attached hydrogens (tertiary/aromatic N) is 1. The lowest BCUT2D eigenvalue weighted by atomic mass is 9.80. The van der Waals surface area contributed by atoms with Crippen molar-refractivity contribution in [3.05, 3.63) is 47.2 Å². The van der Waals surface area contributed by atoms with Crippen molar-refractivity contribution in [2.24, 2.45) is 0 Å². The van der Waals surface area contributed by atoms with Crippen LogP contribution in [-0.2, 0) is 5.41 Å². The zero-order valence-corrected chi connectivity index (χ0v) is 18.0. The SMILES string of the molecule is COc1ccc(C(C)(C)C(=O)c2ccc3c(c2OC)C=CC(C)(C)O3)nc1OC. The van der Waals surface area contributed by atoms with Gasteiger partial charge in [-0.15, -0.1) is 0 Å². The molecule has 2 aromatic rings. The van der Waals surface area contributed by atoms with Gasteiger partial charge in [0.05, 0.1) is 43.6 Å². The number of carbonyl (C=O) groups is 1. The van der Waals surface area contributed by atoms with Crippen LogP contribution in [0.5, 0.6) is 23.1 Å². The summed E-state index contributed by atoms with van der Waals surface area (Å²) in [6, 6.07) is 7.08. The lowest BCUT2D eigenvalue weighted by Gasteiger charge is -2.30. The predicted octanol–water partition coefficient (Wildman–Crippen LogP) is 4.45. The summed E-state index contributed by atoms with van der Waals surface area (Å²) in [5, 5.41) is 0. The van der Waals surface area contributed by atoms with Crippen LogP contribution in [-0.4, -0.2) is 37.7 Å². The Morgan fingerprint density at radius 1 is 1.03 bits per heavy atom. The second-order valence-corrected chi connectivity index (χ2v) is 7.96. The third-order valence-corrected chi connectivity index (χ3v) is 5.08. The Balaban J connectivity index is 2.06. The van der Waals surface area contributed by atoms with Crippen LogP contribution in [0.4, 0.5) is 0 Å². The van der Waals surface area contributed by atoms with E-state index in [1.54, 1.807) is 32.4 Å². The molecule has 1 aliphatic heterocycles. The van der Waals surface area contributed by atoms with Crippen LogP contribution in [0.2, 0.25) is 0 Å². The van der Waals surface area contributed by atoms with E-state index in [0.29, 0.717) is 34.4 Å². The van der Waals surface area contributed by atoms with E-state index in [0.717, 1.165) is 5.56 Å². The number of pyridine rings is 1. The Morgan fingerprint density at radius 3 is 2.38 bits per heavy atom. The second-order valence-electron chi connectivity index (χ2n) is 7.96. The van der Waals surface area contributed by atoms with E-state index in [9.17, 15) is 4.79 Å². The van der Waals surface area contributed by atoms with Crippen molar-refractivity contribution in [3.63, 3.8) is 0 Å². The first kappa shape index (κ1) is 20.7. The molecule has 0 unspecified atom stereocenters. The highest BCUT2D eigenvalue weighted by atomic mass is 16.5. The molecule has 0 amide bonds. The summed E-state index contributed by atoms with van der Waals surface area (Å²) in [7, 11) is 4.62. The molecule has 0 aliphatic carbocycles. The first-order valence-electron chi connectivity index (χ1n) is 9.38. The summed E-state index contributed by atoms with van der Waals surface area (Å²) in [5.41, 5.74) is 0.480. The van der Waals surface area contributed by atoms with Gasteiger partial charge in [0.1, 0.15) is 17.1 Å². The Hall–Kier alpha value is -3.02. The highest BCUT2D eigenvalue weighted by molar-refractivity contribution is 6.06. The number of carbonyl (C=O) groups excluding carboxylic acids is 1. The van der Waals surface area contributed by atoms with Crippen LogP contribution in [0.15, 0.2) is 30.3 Å². The first-order chi connectivity index (χ1) is 13.6. The summed E-state index contributed by atoms with van der Waals surface area (Å²) >= 11 is 0. The van der Waals surface area contributed by atoms with E-state index in [1.807, 2.05) is 45.9 Å². The van der Waals surface area contributed by atoms with Crippen LogP contribution >= 0.6 is 0 Å². The number of aromatic nitrogens is 1. The highest BCUT2D eigenvalue weighted by Crippen LogP contribution is 2.41. The molecule has 6 heteroatoms. The third kappa shape index (κ3) is 3.67. The third-order valence-electron chi connectivity index (χ3n) is 5.08. The number of hydrogen-bond acceptors (Lipinski definition) is 6. The van der Waals surface area contributed by atoms with Crippen LogP contribution in [0, 0.1) is 0 Å². The maximum absolute atomic E-state index is 13.6. The number of hydrogen-bond donors (Lipinski definition) is 0. The molecule has 0 radical (unpaired) electrons. The fourth-order valence-electron chi connectivity index (χ4n) is 3.36. The fraction of sp³-hybridized carbons (Fsp3) is 0.391. The molecule has 29 heavy (non-hydrogen) atoms. The average Bonchev–Trinajstić information content (AvgIpc) is 2.70. The highest BCUT2D eigenvalue weighted by Gasteiger charge is 2.36. The molecule has 2 heterocycles. The molecule has 0 atom stereocenters. The van der Waals surface area contributed by atoms with Crippen LogP contribution in [0.3, 0.4) is 0 Å². The summed E-state index contributed by atoms with van der Waals surface area (Å²) in [6.45, 7) is 7.61. The quantitative estimate of drug-likeness (QED) is 0.671. The Bertz CT molecular complexity index is 975. The summed E-state index contributed by atoms with van der Waals surface area (Å²) in [4.78, 5) is 18.1. The Morgan fingerprint density at radius 2 is 1.76 bits per heavy atom. The molecule has 3 rings (SSSR count). The number of rotatable bonds is 6. The monoisotopic (exact) mass is 397 g/mol. The van der Waals surface area contributed by atoms with E-state index in [1.165, 1.54) is 7.11 Å². The summed E-state index contributed by atoms with van der Waals surface area (Å²) < 4.78 is 22.2. The van der Waals surface area contributed by atoms with E-state index in [4.69, 9.17) is 18.9 Å². The Kier molecular flexibility index (Phi) is 5.30. The largest absolute Gasteiger partial charge is 0.495 e. The Labute approximate surface area is 171 Å². The molecule has 1 aliphatic rings. The van der Waals surface area contributed by atoms with Crippen LogP contribution in [0.25, 0.3) is 6.08 Å². The van der Waals surface area contributed by atoms with Crippen LogP contribution in [0.1, 0.15) is 49.3 Å². The van der Waals surface area contributed by atoms with Gasteiger partial charge >= 0.3 is 0 Å². The molecule has 1 aromatic heterocycles. The minimum absolute atomic E-state index is 0.116. The standard InChI is InChI=1S/C23H27NO5/c1-22(2)13-12-14-16(29-22)9-8-15(19(14)27-6)20(25)23(3,4)18-11-10-17(26-5)21(24-18)28-7/h8-13H,1-7H3. The van der Waals surface area contributed by atoms with Gasteiger partial charge in [0.25, 0.3) is 5.88 Å².